The minimum atomic E-state index is -4.44. The number of amides is 2. The van der Waals surface area contributed by atoms with E-state index in [0.717, 1.165) is 25.0 Å². The number of nitrogens with zero attached hydrogens (tertiary/aromatic N) is 4. The van der Waals surface area contributed by atoms with Gasteiger partial charge in [-0.2, -0.15) is 35.5 Å². The molecule has 1 aromatic carbocycles. The summed E-state index contributed by atoms with van der Waals surface area (Å²) >= 11 is 0. The molecule has 5 rings (SSSR count). The molecule has 1 N–H and O–H groups in total. The van der Waals surface area contributed by atoms with E-state index in [-0.39, 0.29) is 37.4 Å². The average molecular weight is 582 g/mol. The fourth-order valence-corrected chi connectivity index (χ4v) is 7.69. The molecule has 3 aliphatic heterocycles. The lowest BCUT2D eigenvalue weighted by molar-refractivity contribution is -0.142. The number of likely N-dealkylation sites (tertiary alicyclic amines) is 1. The highest BCUT2D eigenvalue weighted by atomic mass is 32.2. The third kappa shape index (κ3) is 6.14. The van der Waals surface area contributed by atoms with Crippen molar-refractivity contribution in [3.63, 3.8) is 0 Å². The number of benzene rings is 1. The van der Waals surface area contributed by atoms with Crippen molar-refractivity contribution in [1.82, 2.24) is 18.8 Å². The van der Waals surface area contributed by atoms with E-state index in [1.807, 2.05) is 0 Å². The van der Waals surface area contributed by atoms with Crippen LogP contribution in [0.25, 0.3) is 0 Å². The van der Waals surface area contributed by atoms with E-state index in [4.69, 9.17) is 5.26 Å². The van der Waals surface area contributed by atoms with Crippen LogP contribution < -0.4 is 5.32 Å². The second-order valence-electron chi connectivity index (χ2n) is 11.4. The van der Waals surface area contributed by atoms with Crippen molar-refractivity contribution in [2.45, 2.75) is 63.2 Å². The Kier molecular flexibility index (Phi) is 8.14. The SMILES string of the molecule is N#CC1CN(S(=O)(=O)N2CCC[C@H](C(=O)N3CCC[C@@H]3C(=O)N[C@H](CC3CC3)c3ccc(C(F)(F)F)cc3)C2)C1. The molecule has 2 amide bonds. The molecule has 9 nitrogen and oxygen atoms in total. The normalized spacial score (nSPS) is 25.7. The van der Waals surface area contributed by atoms with Crippen molar-refractivity contribution in [1.29, 1.82) is 5.26 Å². The second kappa shape index (κ2) is 11.3. The van der Waals surface area contributed by atoms with Gasteiger partial charge in [-0.1, -0.05) is 25.0 Å². The maximum absolute atomic E-state index is 13.6. The van der Waals surface area contributed by atoms with Crippen LogP contribution >= 0.6 is 0 Å². The predicted octanol–water partition coefficient (Wildman–Crippen LogP) is 3.07. The quantitative estimate of drug-likeness (QED) is 0.507. The van der Waals surface area contributed by atoms with Gasteiger partial charge in [0.25, 0.3) is 10.2 Å². The van der Waals surface area contributed by atoms with Gasteiger partial charge in [0.15, 0.2) is 0 Å². The van der Waals surface area contributed by atoms with Crippen molar-refractivity contribution in [2.75, 3.05) is 32.7 Å². The van der Waals surface area contributed by atoms with Crippen molar-refractivity contribution in [2.24, 2.45) is 17.8 Å². The highest BCUT2D eigenvalue weighted by Gasteiger charge is 2.44. The molecule has 4 fully saturated rings. The number of carbonyl (C=O) groups is 2. The van der Waals surface area contributed by atoms with Crippen LogP contribution in [-0.4, -0.2) is 72.5 Å². The molecule has 3 atom stereocenters. The Morgan fingerprint density at radius 2 is 1.68 bits per heavy atom. The maximum atomic E-state index is 13.6. The monoisotopic (exact) mass is 581 g/mol. The van der Waals surface area contributed by atoms with Gasteiger partial charge in [-0.25, -0.2) is 0 Å². The van der Waals surface area contributed by atoms with Gasteiger partial charge in [-0.15, -0.1) is 0 Å². The summed E-state index contributed by atoms with van der Waals surface area (Å²) in [5.41, 5.74) is -0.148. The molecule has 4 aliphatic rings. The van der Waals surface area contributed by atoms with Gasteiger partial charge >= 0.3 is 6.18 Å². The highest BCUT2D eigenvalue weighted by molar-refractivity contribution is 7.86. The number of hydrogen-bond acceptors (Lipinski definition) is 5. The zero-order valence-electron chi connectivity index (χ0n) is 22.1. The molecule has 0 unspecified atom stereocenters. The van der Waals surface area contributed by atoms with Crippen LogP contribution in [0.1, 0.15) is 62.1 Å². The van der Waals surface area contributed by atoms with Crippen LogP contribution in [0, 0.1) is 29.1 Å². The Balaban J connectivity index is 1.24. The Morgan fingerprint density at radius 3 is 2.30 bits per heavy atom. The molecule has 0 radical (unpaired) electrons. The first-order valence-electron chi connectivity index (χ1n) is 13.9. The number of carbonyl (C=O) groups excluding carboxylic acids is 2. The number of nitrogens with one attached hydrogen (secondary N) is 1. The van der Waals surface area contributed by atoms with E-state index in [2.05, 4.69) is 11.4 Å². The fourth-order valence-electron chi connectivity index (χ4n) is 5.90. The number of hydrogen-bond donors (Lipinski definition) is 1. The third-order valence-electron chi connectivity index (χ3n) is 8.48. The molecule has 0 spiro atoms. The van der Waals surface area contributed by atoms with E-state index >= 15 is 0 Å². The van der Waals surface area contributed by atoms with Crippen molar-refractivity contribution < 1.29 is 31.2 Å². The zero-order chi connectivity index (χ0) is 28.7. The lowest BCUT2D eigenvalue weighted by Crippen LogP contribution is -2.57. The summed E-state index contributed by atoms with van der Waals surface area (Å²) in [6, 6.07) is 5.76. The van der Waals surface area contributed by atoms with Crippen LogP contribution in [0.2, 0.25) is 0 Å². The van der Waals surface area contributed by atoms with Crippen LogP contribution in [0.4, 0.5) is 13.2 Å². The molecule has 1 saturated carbocycles. The Hall–Kier alpha value is -2.69. The zero-order valence-corrected chi connectivity index (χ0v) is 23.0. The molecule has 1 aromatic rings. The number of alkyl halides is 3. The minimum absolute atomic E-state index is 0.0373. The highest BCUT2D eigenvalue weighted by Crippen LogP contribution is 2.39. The van der Waals surface area contributed by atoms with E-state index in [1.165, 1.54) is 20.7 Å². The fraction of sp³-hybridized carbons (Fsp3) is 0.667. The van der Waals surface area contributed by atoms with Gasteiger partial charge in [0.1, 0.15) is 6.04 Å². The molecular formula is C27H34F3N5O4S. The molecule has 0 aromatic heterocycles. The maximum Gasteiger partial charge on any atom is 0.416 e. The summed E-state index contributed by atoms with van der Waals surface area (Å²) in [4.78, 5) is 28.6. The van der Waals surface area contributed by atoms with Crippen LogP contribution in [0.3, 0.4) is 0 Å². The second-order valence-corrected chi connectivity index (χ2v) is 13.3. The molecule has 40 heavy (non-hydrogen) atoms. The Bertz CT molecular complexity index is 1260. The Morgan fingerprint density at radius 1 is 1.00 bits per heavy atom. The molecule has 3 heterocycles. The van der Waals surface area contributed by atoms with Gasteiger partial charge < -0.3 is 10.2 Å². The molecule has 1 aliphatic carbocycles. The van der Waals surface area contributed by atoms with Crippen molar-refractivity contribution in [3.8, 4) is 6.07 Å². The van der Waals surface area contributed by atoms with Gasteiger partial charge in [0.05, 0.1) is 29.5 Å². The van der Waals surface area contributed by atoms with Crippen molar-refractivity contribution >= 4 is 22.0 Å². The molecule has 0 bridgehead atoms. The van der Waals surface area contributed by atoms with Gasteiger partial charge in [0, 0.05) is 32.7 Å². The van der Waals surface area contributed by atoms with Gasteiger partial charge in [0.2, 0.25) is 11.8 Å². The summed E-state index contributed by atoms with van der Waals surface area (Å²) in [5, 5.41) is 12.0. The van der Waals surface area contributed by atoms with Crippen LogP contribution in [0.15, 0.2) is 24.3 Å². The topological polar surface area (TPSA) is 114 Å². The Labute approximate surface area is 232 Å². The largest absolute Gasteiger partial charge is 0.416 e. The van der Waals surface area contributed by atoms with E-state index < -0.39 is 40.0 Å². The third-order valence-corrected chi connectivity index (χ3v) is 10.4. The summed E-state index contributed by atoms with van der Waals surface area (Å²) in [5.74, 6) is -1.06. The molecule has 13 heteroatoms. The summed E-state index contributed by atoms with van der Waals surface area (Å²) < 4.78 is 67.7. The summed E-state index contributed by atoms with van der Waals surface area (Å²) in [6.07, 6.45) is 0.346. The van der Waals surface area contributed by atoms with Crippen molar-refractivity contribution in [3.05, 3.63) is 35.4 Å². The lowest BCUT2D eigenvalue weighted by atomic mass is 9.97. The number of rotatable bonds is 8. The molecule has 3 saturated heterocycles. The standard InChI is InChI=1S/C27H34F3N5O4S/c28-27(29,30)22-9-7-20(8-10-22)23(13-18-5-6-18)32-25(36)24-4-2-12-35(24)26(37)21-3-1-11-33(17-21)40(38,39)34-15-19(14-31)16-34/h7-10,18-19,21,23-24H,1-6,11-13,15-17H2,(H,32,36)/t21-,23+,24+/m0/s1. The van der Waals surface area contributed by atoms with Crippen LogP contribution in [0.5, 0.6) is 0 Å². The average Bonchev–Trinajstić information content (AvgIpc) is 3.58. The minimum Gasteiger partial charge on any atom is -0.347 e. The number of halogens is 3. The van der Waals surface area contributed by atoms with E-state index in [0.29, 0.717) is 56.7 Å². The van der Waals surface area contributed by atoms with E-state index in [9.17, 15) is 31.2 Å². The first-order valence-corrected chi connectivity index (χ1v) is 15.3. The van der Waals surface area contributed by atoms with Crippen LogP contribution in [-0.2, 0) is 26.0 Å². The molecular weight excluding hydrogens is 547 g/mol. The lowest BCUT2D eigenvalue weighted by Gasteiger charge is -2.41. The first-order chi connectivity index (χ1) is 19.0. The summed E-state index contributed by atoms with van der Waals surface area (Å²) in [6.45, 7) is 1.05. The van der Waals surface area contributed by atoms with Gasteiger partial charge in [-0.3, -0.25) is 9.59 Å². The predicted molar refractivity (Wildman–Crippen MR) is 138 cm³/mol. The number of piperidine rings is 1. The van der Waals surface area contributed by atoms with E-state index in [1.54, 1.807) is 4.90 Å². The first kappa shape index (κ1) is 28.8. The smallest absolute Gasteiger partial charge is 0.347 e. The summed E-state index contributed by atoms with van der Waals surface area (Å²) in [7, 11) is -3.76. The molecule has 218 valence electrons. The van der Waals surface area contributed by atoms with Gasteiger partial charge in [-0.05, 0) is 55.7 Å². The number of nitriles is 1.